The zero-order valence-corrected chi connectivity index (χ0v) is 12.4. The Labute approximate surface area is 123 Å². The van der Waals surface area contributed by atoms with E-state index in [1.165, 1.54) is 18.9 Å². The molecule has 0 unspecified atom stereocenters. The molecule has 1 aromatic rings. The van der Waals surface area contributed by atoms with Crippen molar-refractivity contribution < 1.29 is 17.6 Å². The largest absolute Gasteiger partial charge is 0.455 e. The Morgan fingerprint density at radius 1 is 1.33 bits per heavy atom. The van der Waals surface area contributed by atoms with Gasteiger partial charge in [0.05, 0.1) is 18.3 Å². The van der Waals surface area contributed by atoms with Crippen LogP contribution in [-0.2, 0) is 16.4 Å². The number of nitrogens with zero attached hydrogens (tertiary/aromatic N) is 1. The monoisotopic (exact) mass is 310 g/mol. The number of hydrogen-bond acceptors (Lipinski definition) is 5. The van der Waals surface area contributed by atoms with Crippen LogP contribution in [-0.4, -0.2) is 44.1 Å². The Bertz CT molecular complexity index is 656. The first-order valence-electron chi connectivity index (χ1n) is 7.05. The van der Waals surface area contributed by atoms with E-state index >= 15 is 0 Å². The number of rotatable bonds is 4. The van der Waals surface area contributed by atoms with Crippen molar-refractivity contribution in [1.29, 1.82) is 0 Å². The lowest BCUT2D eigenvalue weighted by molar-refractivity contribution is 0.0916. The van der Waals surface area contributed by atoms with Crippen molar-refractivity contribution in [3.05, 3.63) is 35.1 Å². The van der Waals surface area contributed by atoms with Gasteiger partial charge < -0.3 is 9.73 Å². The molecule has 0 saturated carbocycles. The standard InChI is InChI=1S/C14H18N2O4S/c17-14(15-11-5-8-21(18,19)10-11)13-4-3-12(20-13)9-16-6-1-2-7-16/h3-5,8,11H,1-2,6-7,9-10H2,(H,15,17)/t11-/m0/s1. The summed E-state index contributed by atoms with van der Waals surface area (Å²) in [6, 6.07) is 2.96. The zero-order valence-electron chi connectivity index (χ0n) is 11.6. The van der Waals surface area contributed by atoms with Gasteiger partial charge >= 0.3 is 0 Å². The van der Waals surface area contributed by atoms with E-state index in [0.29, 0.717) is 6.54 Å². The second-order valence-electron chi connectivity index (χ2n) is 5.49. The quantitative estimate of drug-likeness (QED) is 0.894. The van der Waals surface area contributed by atoms with Gasteiger partial charge in [-0.3, -0.25) is 9.69 Å². The second-order valence-corrected chi connectivity index (χ2v) is 7.42. The smallest absolute Gasteiger partial charge is 0.287 e. The molecule has 3 rings (SSSR count). The van der Waals surface area contributed by atoms with Crippen LogP contribution in [0.2, 0.25) is 0 Å². The van der Waals surface area contributed by atoms with Crippen molar-refractivity contribution >= 4 is 15.7 Å². The van der Waals surface area contributed by atoms with Gasteiger partial charge in [-0.1, -0.05) is 0 Å². The van der Waals surface area contributed by atoms with E-state index in [9.17, 15) is 13.2 Å². The fourth-order valence-electron chi connectivity index (χ4n) is 2.65. The summed E-state index contributed by atoms with van der Waals surface area (Å²) in [4.78, 5) is 14.3. The number of sulfone groups is 1. The number of hydrogen-bond donors (Lipinski definition) is 1. The highest BCUT2D eigenvalue weighted by molar-refractivity contribution is 7.94. The number of carbonyl (C=O) groups is 1. The summed E-state index contributed by atoms with van der Waals surface area (Å²) < 4.78 is 28.1. The van der Waals surface area contributed by atoms with Crippen molar-refractivity contribution in [2.24, 2.45) is 0 Å². The van der Waals surface area contributed by atoms with Crippen LogP contribution in [0.15, 0.2) is 28.0 Å². The average Bonchev–Trinajstić information content (AvgIpc) is 3.12. The molecule has 1 fully saturated rings. The number of nitrogens with one attached hydrogen (secondary N) is 1. The lowest BCUT2D eigenvalue weighted by Crippen LogP contribution is -2.35. The Morgan fingerprint density at radius 2 is 2.10 bits per heavy atom. The summed E-state index contributed by atoms with van der Waals surface area (Å²) in [5, 5.41) is 3.78. The predicted octanol–water partition coefficient (Wildman–Crippen LogP) is 0.916. The molecule has 0 bridgehead atoms. The third-order valence-corrected chi connectivity index (χ3v) is 5.11. The molecule has 1 aromatic heterocycles. The molecule has 0 spiro atoms. The molecule has 114 valence electrons. The molecular formula is C14H18N2O4S. The van der Waals surface area contributed by atoms with Gasteiger partial charge in [-0.25, -0.2) is 8.42 Å². The van der Waals surface area contributed by atoms with Crippen LogP contribution < -0.4 is 5.32 Å². The van der Waals surface area contributed by atoms with Crippen molar-refractivity contribution in [3.63, 3.8) is 0 Å². The van der Waals surface area contributed by atoms with Crippen LogP contribution in [0.3, 0.4) is 0 Å². The van der Waals surface area contributed by atoms with Gasteiger partial charge in [-0.05, 0) is 44.1 Å². The van der Waals surface area contributed by atoms with Crippen molar-refractivity contribution in [2.45, 2.75) is 25.4 Å². The molecule has 7 heteroatoms. The number of amides is 1. The van der Waals surface area contributed by atoms with Gasteiger partial charge in [0.15, 0.2) is 15.6 Å². The van der Waals surface area contributed by atoms with E-state index < -0.39 is 15.9 Å². The highest BCUT2D eigenvalue weighted by Crippen LogP contribution is 2.16. The minimum atomic E-state index is -3.17. The van der Waals surface area contributed by atoms with Gasteiger partial charge in [-0.2, -0.15) is 0 Å². The van der Waals surface area contributed by atoms with Crippen LogP contribution in [0.25, 0.3) is 0 Å². The molecule has 0 aliphatic carbocycles. The Balaban J connectivity index is 1.58. The van der Waals surface area contributed by atoms with Crippen LogP contribution in [0.5, 0.6) is 0 Å². The topological polar surface area (TPSA) is 79.6 Å². The van der Waals surface area contributed by atoms with E-state index in [1.807, 2.05) is 0 Å². The first-order chi connectivity index (χ1) is 10.0. The zero-order chi connectivity index (χ0) is 14.9. The maximum atomic E-state index is 12.0. The first-order valence-corrected chi connectivity index (χ1v) is 8.76. The average molecular weight is 310 g/mol. The fraction of sp³-hybridized carbons (Fsp3) is 0.500. The van der Waals surface area contributed by atoms with Crippen LogP contribution in [0, 0.1) is 0 Å². The van der Waals surface area contributed by atoms with E-state index in [2.05, 4.69) is 10.2 Å². The maximum Gasteiger partial charge on any atom is 0.287 e. The number of carbonyl (C=O) groups excluding carboxylic acids is 1. The van der Waals surface area contributed by atoms with E-state index in [4.69, 9.17) is 4.42 Å². The highest BCUT2D eigenvalue weighted by atomic mass is 32.2. The van der Waals surface area contributed by atoms with E-state index in [-0.39, 0.29) is 17.4 Å². The van der Waals surface area contributed by atoms with Gasteiger partial charge in [-0.15, -0.1) is 0 Å². The molecule has 1 atom stereocenters. The molecule has 1 N–H and O–H groups in total. The normalized spacial score (nSPS) is 24.5. The van der Waals surface area contributed by atoms with E-state index in [1.54, 1.807) is 12.1 Å². The van der Waals surface area contributed by atoms with Crippen LogP contribution in [0.4, 0.5) is 0 Å². The van der Waals surface area contributed by atoms with Crippen LogP contribution in [0.1, 0.15) is 29.2 Å². The predicted molar refractivity (Wildman–Crippen MR) is 77.4 cm³/mol. The molecule has 3 heterocycles. The van der Waals surface area contributed by atoms with Crippen molar-refractivity contribution in [3.8, 4) is 0 Å². The number of likely N-dealkylation sites (tertiary alicyclic amines) is 1. The third-order valence-electron chi connectivity index (χ3n) is 3.71. The highest BCUT2D eigenvalue weighted by Gasteiger charge is 2.24. The Kier molecular flexibility index (Phi) is 3.86. The van der Waals surface area contributed by atoms with Gasteiger partial charge in [0.1, 0.15) is 5.76 Å². The maximum absolute atomic E-state index is 12.0. The molecule has 2 aliphatic heterocycles. The van der Waals surface area contributed by atoms with Gasteiger partial charge in [0, 0.05) is 5.41 Å². The van der Waals surface area contributed by atoms with Gasteiger partial charge in [0.25, 0.3) is 5.91 Å². The SMILES string of the molecule is O=C(N[C@H]1C=CS(=O)(=O)C1)c1ccc(CN2CCCC2)o1. The molecule has 0 radical (unpaired) electrons. The molecular weight excluding hydrogens is 292 g/mol. The second kappa shape index (κ2) is 5.65. The summed E-state index contributed by atoms with van der Waals surface area (Å²) in [6.07, 6.45) is 3.90. The molecule has 0 aromatic carbocycles. The summed E-state index contributed by atoms with van der Waals surface area (Å²) >= 11 is 0. The lowest BCUT2D eigenvalue weighted by atomic mass is 10.3. The molecule has 1 saturated heterocycles. The minimum absolute atomic E-state index is 0.0833. The fourth-order valence-corrected chi connectivity index (χ4v) is 3.89. The van der Waals surface area contributed by atoms with Crippen molar-refractivity contribution in [1.82, 2.24) is 10.2 Å². The lowest BCUT2D eigenvalue weighted by Gasteiger charge is -2.12. The summed E-state index contributed by atoms with van der Waals surface area (Å²) in [6.45, 7) is 2.84. The molecule has 21 heavy (non-hydrogen) atoms. The Hall–Kier alpha value is -1.60. The summed E-state index contributed by atoms with van der Waals surface area (Å²) in [7, 11) is -3.17. The van der Waals surface area contributed by atoms with Gasteiger partial charge in [0.2, 0.25) is 0 Å². The minimum Gasteiger partial charge on any atom is -0.455 e. The third kappa shape index (κ3) is 3.54. The molecule has 2 aliphatic rings. The first kappa shape index (κ1) is 14.3. The van der Waals surface area contributed by atoms with E-state index in [0.717, 1.165) is 24.3 Å². The number of furan rings is 1. The summed E-state index contributed by atoms with van der Waals surface area (Å²) in [5.74, 6) is 0.521. The Morgan fingerprint density at radius 3 is 2.76 bits per heavy atom. The molecule has 1 amide bonds. The van der Waals surface area contributed by atoms with Crippen LogP contribution >= 0.6 is 0 Å². The van der Waals surface area contributed by atoms with Crippen molar-refractivity contribution in [2.75, 3.05) is 18.8 Å². The summed E-state index contributed by atoms with van der Waals surface area (Å²) in [5.41, 5.74) is 0. The molecule has 6 nitrogen and oxygen atoms in total.